The molecule has 2 radical (unpaired) electrons. The second-order valence-electron chi connectivity index (χ2n) is 4.42. The minimum absolute atomic E-state index is 0.112. The van der Waals surface area contributed by atoms with Crippen LogP contribution in [-0.2, 0) is 0 Å². The number of rotatable bonds is 10. The molecule has 0 saturated heterocycles. The van der Waals surface area contributed by atoms with Crippen molar-refractivity contribution in [2.45, 2.75) is 62.5 Å². The van der Waals surface area contributed by atoms with Gasteiger partial charge < -0.3 is 0 Å². The molecule has 0 heterocycles. The molecule has 1 unspecified atom stereocenters. The van der Waals surface area contributed by atoms with Crippen molar-refractivity contribution in [3.05, 3.63) is 0 Å². The molecule has 0 aromatic carbocycles. The van der Waals surface area contributed by atoms with Crippen LogP contribution in [0.3, 0.4) is 0 Å². The molecule has 0 fully saturated rings. The van der Waals surface area contributed by atoms with Crippen molar-refractivity contribution in [2.75, 3.05) is 6.67 Å². The van der Waals surface area contributed by atoms with Gasteiger partial charge in [0.15, 0.2) is 0 Å². The van der Waals surface area contributed by atoms with Crippen LogP contribution in [0, 0.1) is 5.92 Å². The van der Waals surface area contributed by atoms with E-state index in [-0.39, 0.29) is 22.4 Å². The van der Waals surface area contributed by atoms with E-state index in [9.17, 15) is 8.78 Å². The van der Waals surface area contributed by atoms with Gasteiger partial charge in [-0.2, -0.15) is 0 Å². The van der Waals surface area contributed by atoms with Gasteiger partial charge in [0.05, 0.1) is 0 Å². The SMILES string of the molecule is CC(C)CCC[As+]C(F)CCCCCF. The summed E-state index contributed by atoms with van der Waals surface area (Å²) in [5.74, 6) is 0.744. The molecule has 0 rings (SSSR count). The Hall–Kier alpha value is 0.418. The van der Waals surface area contributed by atoms with Crippen molar-refractivity contribution in [1.82, 2.24) is 0 Å². The van der Waals surface area contributed by atoms with E-state index in [1.54, 1.807) is 0 Å². The molecule has 15 heavy (non-hydrogen) atoms. The average molecular weight is 281 g/mol. The molecule has 0 spiro atoms. The van der Waals surface area contributed by atoms with Crippen molar-refractivity contribution in [3.8, 4) is 0 Å². The third-order valence-electron chi connectivity index (χ3n) is 2.34. The molecule has 0 aliphatic heterocycles. The topological polar surface area (TPSA) is 0 Å². The third-order valence-corrected chi connectivity index (χ3v) is 4.92. The first-order valence-electron chi connectivity index (χ1n) is 6.03. The monoisotopic (exact) mass is 281 g/mol. The molecule has 0 N–H and O–H groups in total. The van der Waals surface area contributed by atoms with Crippen molar-refractivity contribution in [2.24, 2.45) is 5.92 Å². The Bertz CT molecular complexity index is 129. The molecular weight excluding hydrogens is 257 g/mol. The number of alkyl halides is 2. The van der Waals surface area contributed by atoms with Crippen LogP contribution in [0.25, 0.3) is 0 Å². The van der Waals surface area contributed by atoms with Gasteiger partial charge in [-0.3, -0.25) is 0 Å². The van der Waals surface area contributed by atoms with Crippen LogP contribution in [-0.4, -0.2) is 27.4 Å². The predicted octanol–water partition coefficient (Wildman–Crippen LogP) is 4.37. The van der Waals surface area contributed by atoms with Crippen molar-refractivity contribution in [3.63, 3.8) is 0 Å². The first-order chi connectivity index (χ1) is 7.16. The molecular formula is C12H24AsF2+. The number of hydrogen-bond acceptors (Lipinski definition) is 0. The van der Waals surface area contributed by atoms with E-state index in [1.165, 1.54) is 12.8 Å². The molecule has 0 aliphatic rings. The zero-order valence-corrected chi connectivity index (χ0v) is 11.9. The fraction of sp³-hybridized carbons (Fsp3) is 1.00. The quantitative estimate of drug-likeness (QED) is 0.412. The summed E-state index contributed by atoms with van der Waals surface area (Å²) < 4.78 is 25.1. The molecule has 1 atom stereocenters. The summed E-state index contributed by atoms with van der Waals surface area (Å²) in [6.07, 6.45) is 5.40. The minimum atomic E-state index is -0.562. The molecule has 0 aliphatic carbocycles. The zero-order valence-electron chi connectivity index (χ0n) is 10.0. The van der Waals surface area contributed by atoms with E-state index in [1.807, 2.05) is 0 Å². The van der Waals surface area contributed by atoms with Crippen LogP contribution in [0.4, 0.5) is 8.78 Å². The Kier molecular flexibility index (Phi) is 11.2. The Morgan fingerprint density at radius 1 is 1.00 bits per heavy atom. The fourth-order valence-corrected chi connectivity index (χ4v) is 3.53. The van der Waals surface area contributed by atoms with Gasteiger partial charge in [-0.05, 0) is 0 Å². The normalized spacial score (nSPS) is 14.2. The van der Waals surface area contributed by atoms with E-state index < -0.39 is 4.96 Å². The van der Waals surface area contributed by atoms with Crippen LogP contribution in [0.2, 0.25) is 5.21 Å². The van der Waals surface area contributed by atoms with Crippen LogP contribution < -0.4 is 0 Å². The predicted molar refractivity (Wildman–Crippen MR) is 64.0 cm³/mol. The van der Waals surface area contributed by atoms with E-state index in [2.05, 4.69) is 13.8 Å². The zero-order chi connectivity index (χ0) is 11.5. The molecule has 0 aromatic rings. The van der Waals surface area contributed by atoms with E-state index >= 15 is 0 Å². The van der Waals surface area contributed by atoms with Crippen LogP contribution in [0.15, 0.2) is 0 Å². The second-order valence-corrected chi connectivity index (χ2v) is 7.30. The summed E-state index contributed by atoms with van der Waals surface area (Å²) in [6, 6.07) is 0. The standard InChI is InChI=1S/C12H24AsF2/c1-11(2)7-6-9-13-12(15)8-4-3-5-10-14/h11-12H,3-10H2,1-2H3/q+1. The van der Waals surface area contributed by atoms with Crippen molar-refractivity contribution in [1.29, 1.82) is 0 Å². The summed E-state index contributed by atoms with van der Waals surface area (Å²) in [4.78, 5) is -0.562. The van der Waals surface area contributed by atoms with Gasteiger partial charge >= 0.3 is 99.7 Å². The Morgan fingerprint density at radius 2 is 1.73 bits per heavy atom. The van der Waals surface area contributed by atoms with Crippen LogP contribution >= 0.6 is 0 Å². The van der Waals surface area contributed by atoms with Crippen LogP contribution in [0.5, 0.6) is 0 Å². The van der Waals surface area contributed by atoms with Crippen molar-refractivity contribution >= 4 is 15.8 Å². The van der Waals surface area contributed by atoms with Gasteiger partial charge in [0, 0.05) is 0 Å². The average Bonchev–Trinajstić information content (AvgIpc) is 2.19. The molecule has 3 heteroatoms. The Labute approximate surface area is 99.9 Å². The summed E-state index contributed by atoms with van der Waals surface area (Å²) in [7, 11) is 0. The Morgan fingerprint density at radius 3 is 2.33 bits per heavy atom. The molecule has 90 valence electrons. The number of hydrogen-bond donors (Lipinski definition) is 0. The van der Waals surface area contributed by atoms with Crippen LogP contribution in [0.1, 0.15) is 52.4 Å². The molecule has 0 saturated carbocycles. The summed E-state index contributed by atoms with van der Waals surface area (Å²) in [5.41, 5.74) is 0. The maximum atomic E-state index is 13.3. The van der Waals surface area contributed by atoms with Gasteiger partial charge in [-0.25, -0.2) is 0 Å². The first-order valence-corrected chi connectivity index (χ1v) is 8.44. The molecule has 0 amide bonds. The van der Waals surface area contributed by atoms with Gasteiger partial charge in [-0.15, -0.1) is 0 Å². The third kappa shape index (κ3) is 12.3. The van der Waals surface area contributed by atoms with Gasteiger partial charge in [0.1, 0.15) is 0 Å². The number of halogens is 2. The maximum absolute atomic E-state index is 13.3. The van der Waals surface area contributed by atoms with E-state index in [0.717, 1.165) is 24.0 Å². The molecule has 0 aromatic heterocycles. The summed E-state index contributed by atoms with van der Waals surface area (Å²) >= 11 is -0.112. The summed E-state index contributed by atoms with van der Waals surface area (Å²) in [5, 5.41) is 1.10. The van der Waals surface area contributed by atoms with E-state index in [0.29, 0.717) is 12.8 Å². The number of unbranched alkanes of at least 4 members (excludes halogenated alkanes) is 2. The Balaban J connectivity index is 3.15. The molecule has 0 nitrogen and oxygen atoms in total. The summed E-state index contributed by atoms with van der Waals surface area (Å²) in [6.45, 7) is 4.17. The fourth-order valence-electron chi connectivity index (χ4n) is 1.41. The first kappa shape index (κ1) is 15.4. The van der Waals surface area contributed by atoms with Gasteiger partial charge in [-0.1, -0.05) is 0 Å². The molecule has 0 bridgehead atoms. The van der Waals surface area contributed by atoms with Gasteiger partial charge in [0.25, 0.3) is 0 Å². The van der Waals surface area contributed by atoms with Gasteiger partial charge in [0.2, 0.25) is 0 Å². The second kappa shape index (κ2) is 10.9. The van der Waals surface area contributed by atoms with Crippen molar-refractivity contribution < 1.29 is 8.78 Å². The van der Waals surface area contributed by atoms with E-state index in [4.69, 9.17) is 0 Å².